The molecule has 0 radical (unpaired) electrons. The molecule has 0 spiro atoms. The molecule has 3 aromatic rings. The fourth-order valence-corrected chi connectivity index (χ4v) is 8.44. The Morgan fingerprint density at radius 3 is 2.41 bits per heavy atom. The number of nitrogens with one attached hydrogen (secondary N) is 1. The Hall–Kier alpha value is -3.05. The van der Waals surface area contributed by atoms with Gasteiger partial charge in [0.1, 0.15) is 4.21 Å². The van der Waals surface area contributed by atoms with Gasteiger partial charge in [-0.15, -0.1) is 11.3 Å². The van der Waals surface area contributed by atoms with Gasteiger partial charge in [0.15, 0.2) is 6.17 Å². The third-order valence-electron chi connectivity index (χ3n) is 7.69. The molecule has 1 aromatic heterocycles. The van der Waals surface area contributed by atoms with Crippen LogP contribution in [-0.4, -0.2) is 48.7 Å². The SMILES string of the molecule is NCc1cccc(CNC(=O)C2N(C(=O)C(c3ccccc3)C3CCCC3)CCN2S(=O)(=O)c2cccs2)c1. The minimum absolute atomic E-state index is 0.0545. The molecule has 2 unspecified atom stereocenters. The number of nitrogens with two attached hydrogens (primary N) is 1. The molecule has 8 nitrogen and oxygen atoms in total. The third-order valence-corrected chi connectivity index (χ3v) is 10.9. The molecule has 5 rings (SSSR count). The molecule has 2 heterocycles. The topological polar surface area (TPSA) is 113 Å². The Kier molecular flexibility index (Phi) is 8.46. The van der Waals surface area contributed by atoms with E-state index in [1.54, 1.807) is 11.4 Å². The lowest BCUT2D eigenvalue weighted by molar-refractivity contribution is -0.142. The number of carbonyl (C=O) groups excluding carboxylic acids is 2. The summed E-state index contributed by atoms with van der Waals surface area (Å²) in [4.78, 5) is 29.5. The maximum Gasteiger partial charge on any atom is 0.259 e. The second-order valence-corrected chi connectivity index (χ2v) is 13.2. The van der Waals surface area contributed by atoms with Gasteiger partial charge in [-0.1, -0.05) is 73.5 Å². The average molecular weight is 567 g/mol. The van der Waals surface area contributed by atoms with Gasteiger partial charge in [-0.3, -0.25) is 9.59 Å². The van der Waals surface area contributed by atoms with E-state index in [0.717, 1.165) is 53.7 Å². The van der Waals surface area contributed by atoms with E-state index in [9.17, 15) is 18.0 Å². The van der Waals surface area contributed by atoms with Gasteiger partial charge >= 0.3 is 0 Å². The number of amides is 2. The fourth-order valence-electron chi connectivity index (χ4n) is 5.78. The van der Waals surface area contributed by atoms with Crippen LogP contribution in [-0.2, 0) is 32.7 Å². The monoisotopic (exact) mass is 566 g/mol. The molecule has 10 heteroatoms. The lowest BCUT2D eigenvalue weighted by atomic mass is 9.83. The third kappa shape index (κ3) is 5.79. The van der Waals surface area contributed by atoms with Gasteiger partial charge in [-0.05, 0) is 46.9 Å². The number of nitrogens with zero attached hydrogens (tertiary/aromatic N) is 2. The smallest absolute Gasteiger partial charge is 0.259 e. The van der Waals surface area contributed by atoms with Crippen molar-refractivity contribution in [3.63, 3.8) is 0 Å². The number of rotatable bonds is 9. The van der Waals surface area contributed by atoms with Gasteiger partial charge in [0.25, 0.3) is 15.9 Å². The van der Waals surface area contributed by atoms with Crippen LogP contribution in [0.2, 0.25) is 0 Å². The number of benzene rings is 2. The molecule has 1 aliphatic carbocycles. The van der Waals surface area contributed by atoms with Crippen LogP contribution in [0.15, 0.2) is 76.3 Å². The van der Waals surface area contributed by atoms with Crippen LogP contribution in [0.5, 0.6) is 0 Å². The number of thiophene rings is 1. The van der Waals surface area contributed by atoms with Crippen molar-refractivity contribution in [3.05, 3.63) is 88.8 Å². The van der Waals surface area contributed by atoms with E-state index in [2.05, 4.69) is 5.32 Å². The predicted octanol–water partition coefficient (Wildman–Crippen LogP) is 3.66. The van der Waals surface area contributed by atoms with Crippen LogP contribution in [0.1, 0.15) is 48.3 Å². The zero-order valence-corrected chi connectivity index (χ0v) is 23.4. The highest BCUT2D eigenvalue weighted by Gasteiger charge is 2.49. The van der Waals surface area contributed by atoms with E-state index >= 15 is 0 Å². The summed E-state index contributed by atoms with van der Waals surface area (Å²) in [5.74, 6) is -0.972. The van der Waals surface area contributed by atoms with E-state index in [4.69, 9.17) is 5.73 Å². The van der Waals surface area contributed by atoms with Gasteiger partial charge < -0.3 is 16.0 Å². The first-order valence-electron chi connectivity index (χ1n) is 13.4. The maximum absolute atomic E-state index is 14.3. The second-order valence-electron chi connectivity index (χ2n) is 10.1. The van der Waals surface area contributed by atoms with Crippen LogP contribution in [0.3, 0.4) is 0 Å². The predicted molar refractivity (Wildman–Crippen MR) is 151 cm³/mol. The van der Waals surface area contributed by atoms with Crippen molar-refractivity contribution in [3.8, 4) is 0 Å². The van der Waals surface area contributed by atoms with Crippen LogP contribution < -0.4 is 11.1 Å². The van der Waals surface area contributed by atoms with Crippen molar-refractivity contribution in [2.75, 3.05) is 13.1 Å². The highest BCUT2D eigenvalue weighted by molar-refractivity contribution is 7.91. The quantitative estimate of drug-likeness (QED) is 0.411. The Bertz CT molecular complexity index is 1390. The molecule has 1 aliphatic heterocycles. The van der Waals surface area contributed by atoms with E-state index in [1.807, 2.05) is 54.6 Å². The number of sulfonamides is 1. The van der Waals surface area contributed by atoms with E-state index in [0.29, 0.717) is 6.54 Å². The molecular formula is C29H34N4O4S2. The molecule has 2 fully saturated rings. The highest BCUT2D eigenvalue weighted by Crippen LogP contribution is 2.40. The van der Waals surface area contributed by atoms with Gasteiger partial charge in [-0.25, -0.2) is 8.42 Å². The van der Waals surface area contributed by atoms with Crippen molar-refractivity contribution < 1.29 is 18.0 Å². The summed E-state index contributed by atoms with van der Waals surface area (Å²) >= 11 is 1.10. The summed E-state index contributed by atoms with van der Waals surface area (Å²) in [6.07, 6.45) is 2.72. The first-order valence-corrected chi connectivity index (χ1v) is 15.7. The van der Waals surface area contributed by atoms with Gasteiger partial charge in [0.05, 0.1) is 5.92 Å². The molecule has 0 bridgehead atoms. The summed E-state index contributed by atoms with van der Waals surface area (Å²) in [6, 6.07) is 20.4. The first kappa shape index (κ1) is 27.5. The van der Waals surface area contributed by atoms with Gasteiger partial charge in [-0.2, -0.15) is 4.31 Å². The standard InChI is InChI=1S/C29H34N4O4S2/c30-19-21-8-6-9-22(18-21)20-31-27(34)28-32(15-16-33(28)39(36,37)25-14-7-17-38-25)29(35)26(24-12-4-5-13-24)23-10-2-1-3-11-23/h1-3,6-11,14,17-18,24,26,28H,4-5,12-13,15-16,19-20,30H2,(H,31,34). The lowest BCUT2D eigenvalue weighted by Crippen LogP contribution is -2.54. The number of hydrogen-bond acceptors (Lipinski definition) is 6. The molecule has 1 saturated heterocycles. The molecular weight excluding hydrogens is 532 g/mol. The summed E-state index contributed by atoms with van der Waals surface area (Å²) in [6.45, 7) is 0.781. The average Bonchev–Trinajstić information content (AvgIpc) is 3.75. The summed E-state index contributed by atoms with van der Waals surface area (Å²) in [7, 11) is -3.98. The Labute approximate surface area is 233 Å². The maximum atomic E-state index is 14.3. The minimum Gasteiger partial charge on any atom is -0.349 e. The zero-order chi connectivity index (χ0) is 27.4. The molecule has 206 valence electrons. The van der Waals surface area contributed by atoms with Crippen molar-refractivity contribution in [1.29, 1.82) is 0 Å². The first-order chi connectivity index (χ1) is 18.9. The van der Waals surface area contributed by atoms with Crippen LogP contribution in [0, 0.1) is 5.92 Å². The summed E-state index contributed by atoms with van der Waals surface area (Å²) in [5, 5.41) is 4.59. The molecule has 39 heavy (non-hydrogen) atoms. The van der Waals surface area contributed by atoms with Crippen LogP contribution in [0.25, 0.3) is 0 Å². The fraction of sp³-hybridized carbons (Fsp3) is 0.379. The summed E-state index contributed by atoms with van der Waals surface area (Å²) < 4.78 is 28.6. The van der Waals surface area contributed by atoms with Crippen molar-refractivity contribution in [2.45, 2.75) is 55.1 Å². The largest absolute Gasteiger partial charge is 0.349 e. The molecule has 2 amide bonds. The van der Waals surface area contributed by atoms with Gasteiger partial charge in [0.2, 0.25) is 5.91 Å². The van der Waals surface area contributed by atoms with Crippen LogP contribution >= 0.6 is 11.3 Å². The second kappa shape index (κ2) is 12.0. The normalized spacial score (nSPS) is 19.3. The Morgan fingerprint density at radius 1 is 0.974 bits per heavy atom. The van der Waals surface area contributed by atoms with Gasteiger partial charge in [0, 0.05) is 26.2 Å². The minimum atomic E-state index is -3.98. The van der Waals surface area contributed by atoms with E-state index in [-0.39, 0.29) is 35.7 Å². The highest BCUT2D eigenvalue weighted by atomic mass is 32.2. The number of carbonyl (C=O) groups is 2. The summed E-state index contributed by atoms with van der Waals surface area (Å²) in [5.41, 5.74) is 8.46. The Balaban J connectivity index is 1.46. The van der Waals surface area contributed by atoms with Crippen molar-refractivity contribution in [1.82, 2.24) is 14.5 Å². The van der Waals surface area contributed by atoms with Crippen molar-refractivity contribution >= 4 is 33.2 Å². The molecule has 2 aliphatic rings. The lowest BCUT2D eigenvalue weighted by Gasteiger charge is -2.33. The molecule has 2 atom stereocenters. The van der Waals surface area contributed by atoms with Crippen LogP contribution in [0.4, 0.5) is 0 Å². The zero-order valence-electron chi connectivity index (χ0n) is 21.7. The number of hydrogen-bond donors (Lipinski definition) is 2. The molecule has 3 N–H and O–H groups in total. The molecule has 1 saturated carbocycles. The van der Waals surface area contributed by atoms with E-state index in [1.165, 1.54) is 15.3 Å². The van der Waals surface area contributed by atoms with Crippen molar-refractivity contribution in [2.24, 2.45) is 11.7 Å². The van der Waals surface area contributed by atoms with E-state index < -0.39 is 28.0 Å². The molecule has 2 aromatic carbocycles. The Morgan fingerprint density at radius 2 is 1.72 bits per heavy atom.